The van der Waals surface area contributed by atoms with Crippen molar-refractivity contribution in [2.75, 3.05) is 12.4 Å². The van der Waals surface area contributed by atoms with Gasteiger partial charge in [-0.05, 0) is 74.9 Å². The fraction of sp³-hybridized carbons (Fsp3) is 0.182. The summed E-state index contributed by atoms with van der Waals surface area (Å²) >= 11 is 0. The van der Waals surface area contributed by atoms with Gasteiger partial charge in [-0.2, -0.15) is 0 Å². The summed E-state index contributed by atoms with van der Waals surface area (Å²) in [5.74, 6) is -0.667. The van der Waals surface area contributed by atoms with Crippen molar-refractivity contribution < 1.29 is 14.3 Å². The van der Waals surface area contributed by atoms with Crippen LogP contribution in [0.3, 0.4) is 0 Å². The molecule has 1 heterocycles. The van der Waals surface area contributed by atoms with Crippen LogP contribution in [0.15, 0.2) is 54.6 Å². The summed E-state index contributed by atoms with van der Waals surface area (Å²) in [6, 6.07) is 16.6. The van der Waals surface area contributed by atoms with Crippen LogP contribution >= 0.6 is 0 Å². The number of benzene rings is 2. The van der Waals surface area contributed by atoms with Crippen LogP contribution < -0.4 is 5.32 Å². The Bertz CT molecular complexity index is 981. The standard InChI is InChI=1S/C22H22N2O3/c1-14-5-8-18(22(26)27-4)13-20(14)23-21(25)17-9-11-19(12-10-17)24-15(2)6-7-16(24)3/h5-13H,1-4H3,(H,23,25). The zero-order valence-electron chi connectivity index (χ0n) is 15.9. The monoisotopic (exact) mass is 362 g/mol. The van der Waals surface area contributed by atoms with Crippen LogP contribution in [0.4, 0.5) is 5.69 Å². The van der Waals surface area contributed by atoms with Crippen molar-refractivity contribution in [3.63, 3.8) is 0 Å². The molecule has 3 rings (SSSR count). The minimum absolute atomic E-state index is 0.229. The van der Waals surface area contributed by atoms with E-state index < -0.39 is 5.97 Å². The Labute approximate surface area is 158 Å². The van der Waals surface area contributed by atoms with Gasteiger partial charge in [-0.3, -0.25) is 4.79 Å². The quantitative estimate of drug-likeness (QED) is 0.698. The third kappa shape index (κ3) is 3.77. The van der Waals surface area contributed by atoms with Crippen molar-refractivity contribution in [3.05, 3.63) is 82.7 Å². The average molecular weight is 362 g/mol. The van der Waals surface area contributed by atoms with Crippen molar-refractivity contribution >= 4 is 17.6 Å². The van der Waals surface area contributed by atoms with E-state index in [1.807, 2.05) is 32.9 Å². The molecule has 0 saturated carbocycles. The molecule has 1 aromatic heterocycles. The molecule has 0 fully saturated rings. The maximum atomic E-state index is 12.6. The lowest BCUT2D eigenvalue weighted by Crippen LogP contribution is -2.14. The first-order valence-corrected chi connectivity index (χ1v) is 8.66. The van der Waals surface area contributed by atoms with Crippen molar-refractivity contribution in [2.24, 2.45) is 0 Å². The number of hydrogen-bond acceptors (Lipinski definition) is 3. The molecule has 0 aliphatic carbocycles. The molecule has 5 nitrogen and oxygen atoms in total. The summed E-state index contributed by atoms with van der Waals surface area (Å²) in [5.41, 5.74) is 5.68. The van der Waals surface area contributed by atoms with E-state index in [2.05, 4.69) is 22.0 Å². The Morgan fingerprint density at radius 3 is 2.04 bits per heavy atom. The Morgan fingerprint density at radius 2 is 1.44 bits per heavy atom. The van der Waals surface area contributed by atoms with Crippen molar-refractivity contribution in [3.8, 4) is 5.69 Å². The van der Waals surface area contributed by atoms with E-state index in [-0.39, 0.29) is 5.91 Å². The minimum atomic E-state index is -0.438. The minimum Gasteiger partial charge on any atom is -0.465 e. The Morgan fingerprint density at radius 1 is 0.852 bits per heavy atom. The van der Waals surface area contributed by atoms with E-state index in [0.29, 0.717) is 16.8 Å². The summed E-state index contributed by atoms with van der Waals surface area (Å²) in [7, 11) is 1.33. The van der Waals surface area contributed by atoms with Gasteiger partial charge in [0.15, 0.2) is 0 Å². The number of rotatable bonds is 4. The number of aryl methyl sites for hydroxylation is 3. The smallest absolute Gasteiger partial charge is 0.337 e. The van der Waals surface area contributed by atoms with Gasteiger partial charge in [0.05, 0.1) is 12.7 Å². The topological polar surface area (TPSA) is 60.3 Å². The molecule has 27 heavy (non-hydrogen) atoms. The van der Waals surface area contributed by atoms with E-state index in [9.17, 15) is 9.59 Å². The van der Waals surface area contributed by atoms with Gasteiger partial charge in [-0.25, -0.2) is 4.79 Å². The largest absolute Gasteiger partial charge is 0.465 e. The Kier molecular flexibility index (Phi) is 5.12. The maximum Gasteiger partial charge on any atom is 0.337 e. The van der Waals surface area contributed by atoms with E-state index in [0.717, 1.165) is 22.6 Å². The molecule has 0 atom stereocenters. The van der Waals surface area contributed by atoms with Gasteiger partial charge in [0.1, 0.15) is 0 Å². The molecule has 1 N–H and O–H groups in total. The number of anilines is 1. The maximum absolute atomic E-state index is 12.6. The van der Waals surface area contributed by atoms with Crippen LogP contribution in [-0.4, -0.2) is 23.6 Å². The number of hydrogen-bond donors (Lipinski definition) is 1. The van der Waals surface area contributed by atoms with Gasteiger partial charge in [0.2, 0.25) is 0 Å². The van der Waals surface area contributed by atoms with Crippen LogP contribution in [-0.2, 0) is 4.74 Å². The molecule has 0 spiro atoms. The molecule has 0 unspecified atom stereocenters. The van der Waals surface area contributed by atoms with Gasteiger partial charge in [0.25, 0.3) is 5.91 Å². The van der Waals surface area contributed by atoms with Gasteiger partial charge in [0, 0.05) is 28.3 Å². The molecular weight excluding hydrogens is 340 g/mol. The van der Waals surface area contributed by atoms with E-state index in [1.54, 1.807) is 30.3 Å². The molecule has 138 valence electrons. The van der Waals surface area contributed by atoms with Crippen molar-refractivity contribution in [2.45, 2.75) is 20.8 Å². The second-order valence-electron chi connectivity index (χ2n) is 6.47. The van der Waals surface area contributed by atoms with Crippen LogP contribution in [0.2, 0.25) is 0 Å². The predicted molar refractivity (Wildman–Crippen MR) is 106 cm³/mol. The molecule has 5 heteroatoms. The molecule has 0 radical (unpaired) electrons. The third-order valence-corrected chi connectivity index (χ3v) is 4.57. The van der Waals surface area contributed by atoms with E-state index in [4.69, 9.17) is 4.74 Å². The second-order valence-corrected chi connectivity index (χ2v) is 6.47. The van der Waals surface area contributed by atoms with Crippen LogP contribution in [0.25, 0.3) is 5.69 Å². The second kappa shape index (κ2) is 7.50. The lowest BCUT2D eigenvalue weighted by atomic mass is 10.1. The van der Waals surface area contributed by atoms with Crippen molar-refractivity contribution in [1.29, 1.82) is 0 Å². The molecule has 1 amide bonds. The number of aromatic nitrogens is 1. The summed E-state index contributed by atoms with van der Waals surface area (Å²) in [4.78, 5) is 24.3. The highest BCUT2D eigenvalue weighted by atomic mass is 16.5. The predicted octanol–water partition coefficient (Wildman–Crippen LogP) is 4.44. The summed E-state index contributed by atoms with van der Waals surface area (Å²) in [6.45, 7) is 5.97. The van der Waals surface area contributed by atoms with Crippen LogP contribution in [0.5, 0.6) is 0 Å². The van der Waals surface area contributed by atoms with E-state index in [1.165, 1.54) is 7.11 Å². The highest BCUT2D eigenvalue weighted by Crippen LogP contribution is 2.20. The first-order chi connectivity index (χ1) is 12.9. The zero-order chi connectivity index (χ0) is 19.6. The van der Waals surface area contributed by atoms with Crippen LogP contribution in [0.1, 0.15) is 37.7 Å². The lowest BCUT2D eigenvalue weighted by Gasteiger charge is -2.12. The number of carbonyl (C=O) groups excluding carboxylic acids is 2. The number of carbonyl (C=O) groups is 2. The summed E-state index contributed by atoms with van der Waals surface area (Å²) < 4.78 is 6.87. The Hall–Kier alpha value is -3.34. The third-order valence-electron chi connectivity index (χ3n) is 4.57. The first-order valence-electron chi connectivity index (χ1n) is 8.66. The molecular formula is C22H22N2O3. The van der Waals surface area contributed by atoms with Gasteiger partial charge in [-0.1, -0.05) is 6.07 Å². The highest BCUT2D eigenvalue weighted by molar-refractivity contribution is 6.05. The fourth-order valence-electron chi connectivity index (χ4n) is 3.03. The highest BCUT2D eigenvalue weighted by Gasteiger charge is 2.12. The molecule has 0 aliphatic rings. The summed E-state index contributed by atoms with van der Waals surface area (Å²) in [6.07, 6.45) is 0. The normalized spacial score (nSPS) is 10.5. The first kappa shape index (κ1) is 18.5. The molecule has 2 aromatic carbocycles. The number of amides is 1. The molecule has 0 aliphatic heterocycles. The fourth-order valence-corrected chi connectivity index (χ4v) is 3.03. The van der Waals surface area contributed by atoms with Crippen molar-refractivity contribution in [1.82, 2.24) is 4.57 Å². The van der Waals surface area contributed by atoms with E-state index >= 15 is 0 Å². The number of nitrogens with zero attached hydrogens (tertiary/aromatic N) is 1. The Balaban J connectivity index is 1.82. The molecule has 0 saturated heterocycles. The van der Waals surface area contributed by atoms with Gasteiger partial charge >= 0.3 is 5.97 Å². The lowest BCUT2D eigenvalue weighted by molar-refractivity contribution is 0.0600. The number of methoxy groups -OCH3 is 1. The number of esters is 1. The SMILES string of the molecule is COC(=O)c1ccc(C)c(NC(=O)c2ccc(-n3c(C)ccc3C)cc2)c1. The van der Waals surface area contributed by atoms with Gasteiger partial charge in [-0.15, -0.1) is 0 Å². The average Bonchev–Trinajstić information content (AvgIpc) is 3.01. The van der Waals surface area contributed by atoms with Gasteiger partial charge < -0.3 is 14.6 Å². The number of ether oxygens (including phenoxy) is 1. The van der Waals surface area contributed by atoms with Crippen LogP contribution in [0, 0.1) is 20.8 Å². The molecule has 0 bridgehead atoms. The number of nitrogens with one attached hydrogen (secondary N) is 1. The molecule has 3 aromatic rings. The summed E-state index contributed by atoms with van der Waals surface area (Å²) in [5, 5.41) is 2.87. The zero-order valence-corrected chi connectivity index (χ0v) is 15.9.